The summed E-state index contributed by atoms with van der Waals surface area (Å²) in [4.78, 5) is 17.6. The van der Waals surface area contributed by atoms with Gasteiger partial charge < -0.3 is 9.64 Å². The first-order chi connectivity index (χ1) is 10.5. The second-order valence-electron chi connectivity index (χ2n) is 5.83. The number of hydrogen-bond acceptors (Lipinski definition) is 5. The Kier molecular flexibility index (Phi) is 3.70. The summed E-state index contributed by atoms with van der Waals surface area (Å²) in [5.74, 6) is 0. The minimum Gasteiger partial charge on any atom is -0.372 e. The van der Waals surface area contributed by atoms with E-state index in [4.69, 9.17) is 4.74 Å². The molecule has 0 radical (unpaired) electrons. The number of nitrogens with zero attached hydrogens (tertiary/aromatic N) is 3. The normalized spacial score (nSPS) is 22.0. The van der Waals surface area contributed by atoms with Gasteiger partial charge in [-0.25, -0.2) is 0 Å². The fourth-order valence-electron chi connectivity index (χ4n) is 2.92. The Hall–Kier alpha value is -2.21. The van der Waals surface area contributed by atoms with E-state index >= 15 is 0 Å². The maximum atomic E-state index is 11.6. The van der Waals surface area contributed by atoms with Crippen LogP contribution in [0.3, 0.4) is 0 Å². The third kappa shape index (κ3) is 2.50. The molecule has 3 rings (SSSR count). The highest BCUT2D eigenvalue weighted by atomic mass is 16.6. The summed E-state index contributed by atoms with van der Waals surface area (Å²) in [6.07, 6.45) is 2.51. The lowest BCUT2D eigenvalue weighted by molar-refractivity contribution is -0.382. The first kappa shape index (κ1) is 14.7. The number of nitro benzene ring substituents is 1. The molecule has 1 aromatic carbocycles. The number of hydrogen-bond donors (Lipinski definition) is 0. The lowest BCUT2D eigenvalue weighted by Crippen LogP contribution is -2.50. The van der Waals surface area contributed by atoms with Gasteiger partial charge >= 0.3 is 5.69 Å². The fourth-order valence-corrected chi connectivity index (χ4v) is 2.92. The summed E-state index contributed by atoms with van der Waals surface area (Å²) in [6.45, 7) is 6.00. The number of fused-ring (bicyclic) bond motifs is 1. The summed E-state index contributed by atoms with van der Waals surface area (Å²) in [7, 11) is 0. The van der Waals surface area contributed by atoms with Crippen LogP contribution in [0.1, 0.15) is 20.3 Å². The molecule has 116 valence electrons. The van der Waals surface area contributed by atoms with Crippen LogP contribution < -0.4 is 4.90 Å². The van der Waals surface area contributed by atoms with Crippen molar-refractivity contribution in [1.29, 1.82) is 0 Å². The summed E-state index contributed by atoms with van der Waals surface area (Å²) in [6, 6.07) is 7.13. The molecule has 0 N–H and O–H groups in total. The van der Waals surface area contributed by atoms with E-state index < -0.39 is 0 Å². The van der Waals surface area contributed by atoms with Gasteiger partial charge in [-0.1, -0.05) is 6.92 Å². The average Bonchev–Trinajstić information content (AvgIpc) is 2.53. The van der Waals surface area contributed by atoms with E-state index in [0.717, 1.165) is 6.42 Å². The molecule has 0 saturated carbocycles. The van der Waals surface area contributed by atoms with E-state index in [1.54, 1.807) is 24.4 Å². The monoisotopic (exact) mass is 301 g/mol. The van der Waals surface area contributed by atoms with E-state index in [1.807, 2.05) is 13.0 Å². The third-order valence-electron chi connectivity index (χ3n) is 4.34. The molecule has 6 nitrogen and oxygen atoms in total. The van der Waals surface area contributed by atoms with Gasteiger partial charge in [-0.2, -0.15) is 0 Å². The minimum absolute atomic E-state index is 0.131. The average molecular weight is 301 g/mol. The number of nitro groups is 1. The molecule has 0 aliphatic carbocycles. The molecule has 1 saturated heterocycles. The molecule has 1 unspecified atom stereocenters. The van der Waals surface area contributed by atoms with Gasteiger partial charge in [-0.3, -0.25) is 15.1 Å². The van der Waals surface area contributed by atoms with E-state index in [-0.39, 0.29) is 16.2 Å². The Morgan fingerprint density at radius 3 is 3.00 bits per heavy atom. The smallest absolute Gasteiger partial charge is 0.301 e. The Labute approximate surface area is 128 Å². The van der Waals surface area contributed by atoms with Crippen molar-refractivity contribution in [1.82, 2.24) is 4.98 Å². The quantitative estimate of drug-likeness (QED) is 0.643. The molecule has 2 aromatic rings. The molecule has 1 aliphatic rings. The van der Waals surface area contributed by atoms with Gasteiger partial charge in [0, 0.05) is 19.3 Å². The third-order valence-corrected chi connectivity index (χ3v) is 4.34. The molecule has 0 spiro atoms. The van der Waals surface area contributed by atoms with Crippen molar-refractivity contribution in [3.8, 4) is 0 Å². The van der Waals surface area contributed by atoms with Crippen molar-refractivity contribution in [3.05, 3.63) is 40.6 Å². The van der Waals surface area contributed by atoms with Gasteiger partial charge in [0.2, 0.25) is 0 Å². The van der Waals surface area contributed by atoms with Crippen molar-refractivity contribution in [2.45, 2.75) is 25.9 Å². The molecule has 0 amide bonds. The van der Waals surface area contributed by atoms with Crippen LogP contribution in [0.25, 0.3) is 10.9 Å². The van der Waals surface area contributed by atoms with Gasteiger partial charge in [0.05, 0.1) is 28.0 Å². The summed E-state index contributed by atoms with van der Waals surface area (Å²) in [5.41, 5.74) is 1.15. The number of aromatic nitrogens is 1. The van der Waals surface area contributed by atoms with Crippen LogP contribution in [0.2, 0.25) is 0 Å². The van der Waals surface area contributed by atoms with Gasteiger partial charge in [-0.15, -0.1) is 0 Å². The predicted molar refractivity (Wildman–Crippen MR) is 85.3 cm³/mol. The number of benzene rings is 1. The highest BCUT2D eigenvalue weighted by molar-refractivity contribution is 5.94. The zero-order valence-corrected chi connectivity index (χ0v) is 12.8. The lowest BCUT2D eigenvalue weighted by atomic mass is 10.00. The first-order valence-electron chi connectivity index (χ1n) is 7.45. The molecular weight excluding hydrogens is 282 g/mol. The second-order valence-corrected chi connectivity index (χ2v) is 5.83. The van der Waals surface area contributed by atoms with Gasteiger partial charge in [-0.05, 0) is 37.6 Å². The predicted octanol–water partition coefficient (Wildman–Crippen LogP) is 3.15. The standard InChI is InChI=1S/C16H19N3O3/c1-3-16(2)11-18(9-10-22-16)14-7-6-13-12(5-4-8-17-13)15(14)19(20)21/h4-8H,3,9-11H2,1-2H3. The Morgan fingerprint density at radius 1 is 1.45 bits per heavy atom. The maximum Gasteiger partial charge on any atom is 0.301 e. The number of rotatable bonds is 3. The molecule has 1 atom stereocenters. The molecule has 0 bridgehead atoms. The summed E-state index contributed by atoms with van der Waals surface area (Å²) < 4.78 is 5.83. The van der Waals surface area contributed by atoms with E-state index in [1.165, 1.54) is 0 Å². The fraction of sp³-hybridized carbons (Fsp3) is 0.438. The van der Waals surface area contributed by atoms with Crippen LogP contribution in [-0.2, 0) is 4.74 Å². The molecule has 1 fully saturated rings. The van der Waals surface area contributed by atoms with Crippen molar-refractivity contribution in [2.24, 2.45) is 0 Å². The van der Waals surface area contributed by atoms with E-state index in [9.17, 15) is 10.1 Å². The number of anilines is 1. The lowest BCUT2D eigenvalue weighted by Gasteiger charge is -2.41. The van der Waals surface area contributed by atoms with E-state index in [0.29, 0.717) is 36.3 Å². The highest BCUT2D eigenvalue weighted by Crippen LogP contribution is 2.37. The van der Waals surface area contributed by atoms with Crippen LogP contribution in [0, 0.1) is 10.1 Å². The van der Waals surface area contributed by atoms with Crippen LogP contribution in [0.4, 0.5) is 11.4 Å². The van der Waals surface area contributed by atoms with Crippen molar-refractivity contribution in [2.75, 3.05) is 24.6 Å². The Morgan fingerprint density at radius 2 is 2.27 bits per heavy atom. The summed E-state index contributed by atoms with van der Waals surface area (Å²) in [5, 5.41) is 12.2. The zero-order valence-electron chi connectivity index (χ0n) is 12.8. The molecule has 22 heavy (non-hydrogen) atoms. The SMILES string of the molecule is CCC1(C)CN(c2ccc3ncccc3c2[N+](=O)[O-])CCO1. The number of morpholine rings is 1. The van der Waals surface area contributed by atoms with Crippen molar-refractivity contribution >= 4 is 22.3 Å². The summed E-state index contributed by atoms with van der Waals surface area (Å²) >= 11 is 0. The van der Waals surface area contributed by atoms with Crippen LogP contribution in [-0.4, -0.2) is 35.2 Å². The molecule has 1 aliphatic heterocycles. The Bertz CT molecular complexity index is 719. The van der Waals surface area contributed by atoms with Gasteiger partial charge in [0.1, 0.15) is 5.69 Å². The second kappa shape index (κ2) is 5.53. The van der Waals surface area contributed by atoms with Crippen molar-refractivity contribution < 1.29 is 9.66 Å². The largest absolute Gasteiger partial charge is 0.372 e. The highest BCUT2D eigenvalue weighted by Gasteiger charge is 2.33. The number of ether oxygens (including phenoxy) is 1. The Balaban J connectivity index is 2.10. The molecule has 1 aromatic heterocycles. The van der Waals surface area contributed by atoms with Crippen LogP contribution in [0.15, 0.2) is 30.5 Å². The molecule has 2 heterocycles. The molecular formula is C16H19N3O3. The van der Waals surface area contributed by atoms with Crippen LogP contribution >= 0.6 is 0 Å². The van der Waals surface area contributed by atoms with Crippen molar-refractivity contribution in [3.63, 3.8) is 0 Å². The maximum absolute atomic E-state index is 11.6. The zero-order chi connectivity index (χ0) is 15.7. The van der Waals surface area contributed by atoms with Gasteiger partial charge in [0.15, 0.2) is 0 Å². The first-order valence-corrected chi connectivity index (χ1v) is 7.45. The molecule has 6 heteroatoms. The minimum atomic E-state index is -0.307. The van der Waals surface area contributed by atoms with E-state index in [2.05, 4.69) is 16.8 Å². The number of pyridine rings is 1. The van der Waals surface area contributed by atoms with Crippen LogP contribution in [0.5, 0.6) is 0 Å². The topological polar surface area (TPSA) is 68.5 Å². The van der Waals surface area contributed by atoms with Gasteiger partial charge in [0.25, 0.3) is 0 Å².